The predicted molar refractivity (Wildman–Crippen MR) is 81.4 cm³/mol. The normalized spacial score (nSPS) is 10.0. The molecule has 1 N–H and O–H groups in total. The number of aryl methyl sites for hydroxylation is 3. The van der Waals surface area contributed by atoms with Gasteiger partial charge in [0, 0.05) is 0 Å². The number of nitrogens with zero attached hydrogens (tertiary/aromatic N) is 1. The summed E-state index contributed by atoms with van der Waals surface area (Å²) in [5.74, 6) is 0. The van der Waals surface area contributed by atoms with Crippen LogP contribution in [0.5, 0.6) is 0 Å². The molecule has 3 heteroatoms. The van der Waals surface area contributed by atoms with Gasteiger partial charge >= 0.3 is 120 Å². The molecule has 0 spiro atoms. The number of anilines is 1. The minimum atomic E-state index is 0.210. The van der Waals surface area contributed by atoms with Crippen LogP contribution < -0.4 is 14.2 Å². The van der Waals surface area contributed by atoms with Crippen molar-refractivity contribution in [2.45, 2.75) is 20.8 Å². The van der Waals surface area contributed by atoms with Crippen molar-refractivity contribution in [3.63, 3.8) is 0 Å². The van der Waals surface area contributed by atoms with Gasteiger partial charge in [0.15, 0.2) is 0 Å². The summed E-state index contributed by atoms with van der Waals surface area (Å²) in [7, 11) is 0. The molecule has 0 heterocycles. The Labute approximate surface area is 120 Å². The van der Waals surface area contributed by atoms with E-state index in [4.69, 9.17) is 5.26 Å². The molecule has 2 aromatic carbocycles. The van der Waals surface area contributed by atoms with Gasteiger partial charge in [-0.25, -0.2) is 0 Å². The maximum atomic E-state index is 8.82. The van der Waals surface area contributed by atoms with Gasteiger partial charge in [-0.05, 0) is 0 Å². The first-order valence-corrected chi connectivity index (χ1v) is 7.82. The van der Waals surface area contributed by atoms with Crippen molar-refractivity contribution in [3.8, 4) is 6.19 Å². The molecule has 2 aromatic rings. The summed E-state index contributed by atoms with van der Waals surface area (Å²) < 4.78 is 2.60. The molecule has 0 atom stereocenters. The zero-order valence-electron chi connectivity index (χ0n) is 11.3. The maximum absolute atomic E-state index is 8.82. The number of benzene rings is 2. The summed E-state index contributed by atoms with van der Waals surface area (Å²) in [4.78, 5) is 0. The molecule has 0 fully saturated rings. The van der Waals surface area contributed by atoms with Crippen molar-refractivity contribution in [3.05, 3.63) is 53.1 Å². The molecule has 0 radical (unpaired) electrons. The van der Waals surface area contributed by atoms with Crippen LogP contribution in [-0.2, 0) is 0 Å². The standard InChI is InChI=1S/C16H16N2Se/c1-11-4-6-13(3)15(8-11)19-16-9-12(2)5-7-14(16)18-10-17/h4-9,18H,1-3H3. The van der Waals surface area contributed by atoms with Gasteiger partial charge in [0.25, 0.3) is 0 Å². The Bertz CT molecular complexity index is 642. The van der Waals surface area contributed by atoms with Gasteiger partial charge in [0.1, 0.15) is 0 Å². The third-order valence-corrected chi connectivity index (χ3v) is 5.45. The van der Waals surface area contributed by atoms with Crippen molar-refractivity contribution in [1.82, 2.24) is 0 Å². The molecule has 0 amide bonds. The second kappa shape index (κ2) is 5.93. The average Bonchev–Trinajstić information content (AvgIpc) is 2.37. The van der Waals surface area contributed by atoms with Crippen molar-refractivity contribution in [1.29, 1.82) is 5.26 Å². The number of hydrogen-bond donors (Lipinski definition) is 1. The summed E-state index contributed by atoms with van der Waals surface area (Å²) in [6, 6.07) is 12.7. The van der Waals surface area contributed by atoms with E-state index in [0.29, 0.717) is 0 Å². The molecule has 19 heavy (non-hydrogen) atoms. The Morgan fingerprint density at radius 1 is 0.947 bits per heavy atom. The number of rotatable bonds is 3. The van der Waals surface area contributed by atoms with Gasteiger partial charge < -0.3 is 0 Å². The van der Waals surface area contributed by atoms with Crippen LogP contribution in [0.25, 0.3) is 0 Å². The fraction of sp³-hybridized carbons (Fsp3) is 0.188. The molecule has 0 aliphatic heterocycles. The topological polar surface area (TPSA) is 35.8 Å². The van der Waals surface area contributed by atoms with Crippen molar-refractivity contribution < 1.29 is 0 Å². The van der Waals surface area contributed by atoms with Crippen LogP contribution in [-0.4, -0.2) is 15.0 Å². The van der Waals surface area contributed by atoms with E-state index in [2.05, 4.69) is 50.4 Å². The third-order valence-electron chi connectivity index (χ3n) is 2.89. The Morgan fingerprint density at radius 3 is 2.26 bits per heavy atom. The van der Waals surface area contributed by atoms with Crippen molar-refractivity contribution in [2.75, 3.05) is 5.32 Å². The van der Waals surface area contributed by atoms with Crippen LogP contribution in [0.15, 0.2) is 36.4 Å². The van der Waals surface area contributed by atoms with Crippen molar-refractivity contribution in [2.24, 2.45) is 0 Å². The molecule has 0 bridgehead atoms. The molecule has 0 saturated carbocycles. The van der Waals surface area contributed by atoms with E-state index in [0.717, 1.165) is 5.69 Å². The molecule has 2 nitrogen and oxygen atoms in total. The van der Waals surface area contributed by atoms with E-state index in [1.165, 1.54) is 25.6 Å². The summed E-state index contributed by atoms with van der Waals surface area (Å²) in [6.45, 7) is 6.34. The van der Waals surface area contributed by atoms with Gasteiger partial charge in [-0.2, -0.15) is 0 Å². The first kappa shape index (κ1) is 13.7. The van der Waals surface area contributed by atoms with Crippen LogP contribution in [0.2, 0.25) is 0 Å². The quantitative estimate of drug-likeness (QED) is 0.535. The van der Waals surface area contributed by atoms with E-state index in [1.807, 2.05) is 18.3 Å². The van der Waals surface area contributed by atoms with Crippen LogP contribution >= 0.6 is 0 Å². The summed E-state index contributed by atoms with van der Waals surface area (Å²) in [5.41, 5.74) is 4.75. The number of hydrogen-bond acceptors (Lipinski definition) is 2. The van der Waals surface area contributed by atoms with Gasteiger partial charge in [0.2, 0.25) is 0 Å². The van der Waals surface area contributed by atoms with Gasteiger partial charge in [-0.3, -0.25) is 0 Å². The van der Waals surface area contributed by atoms with Gasteiger partial charge in [-0.15, -0.1) is 0 Å². The molecule has 2 rings (SSSR count). The van der Waals surface area contributed by atoms with E-state index in [1.54, 1.807) is 0 Å². The molecule has 96 valence electrons. The Kier molecular flexibility index (Phi) is 4.27. The van der Waals surface area contributed by atoms with Crippen LogP contribution in [0.3, 0.4) is 0 Å². The Morgan fingerprint density at radius 2 is 1.58 bits per heavy atom. The van der Waals surface area contributed by atoms with E-state index < -0.39 is 0 Å². The first-order valence-electron chi connectivity index (χ1n) is 6.11. The summed E-state index contributed by atoms with van der Waals surface area (Å²) in [6.07, 6.45) is 2.02. The Balaban J connectivity index is 2.39. The minimum absolute atomic E-state index is 0.210. The molecular weight excluding hydrogens is 299 g/mol. The first-order chi connectivity index (χ1) is 9.10. The fourth-order valence-electron chi connectivity index (χ4n) is 1.81. The van der Waals surface area contributed by atoms with E-state index in [-0.39, 0.29) is 15.0 Å². The van der Waals surface area contributed by atoms with Crippen LogP contribution in [0.4, 0.5) is 5.69 Å². The fourth-order valence-corrected chi connectivity index (χ4v) is 4.30. The molecule has 0 unspecified atom stereocenters. The SMILES string of the molecule is Cc1ccc(C)c([Se]c2cc(C)ccc2NC#N)c1. The second-order valence-corrected chi connectivity index (χ2v) is 6.88. The zero-order chi connectivity index (χ0) is 13.8. The molecule has 0 saturated heterocycles. The molecular formula is C16H16N2Se. The third kappa shape index (κ3) is 3.38. The van der Waals surface area contributed by atoms with Gasteiger partial charge in [-0.1, -0.05) is 0 Å². The average molecular weight is 315 g/mol. The predicted octanol–water partition coefficient (Wildman–Crippen LogP) is 2.16. The van der Waals surface area contributed by atoms with Crippen molar-refractivity contribution >= 4 is 29.6 Å². The number of nitriles is 1. The summed E-state index contributed by atoms with van der Waals surface area (Å²) >= 11 is 0.210. The zero-order valence-corrected chi connectivity index (χ0v) is 13.0. The monoisotopic (exact) mass is 316 g/mol. The second-order valence-electron chi connectivity index (χ2n) is 4.61. The Hall–Kier alpha value is -1.75. The van der Waals surface area contributed by atoms with Gasteiger partial charge in [0.05, 0.1) is 0 Å². The van der Waals surface area contributed by atoms with Crippen LogP contribution in [0.1, 0.15) is 16.7 Å². The summed E-state index contributed by atoms with van der Waals surface area (Å²) in [5, 5.41) is 11.6. The van der Waals surface area contributed by atoms with E-state index >= 15 is 0 Å². The number of nitrogens with one attached hydrogen (secondary N) is 1. The molecule has 0 aliphatic rings. The molecule has 0 aliphatic carbocycles. The molecule has 0 aromatic heterocycles. The van der Waals surface area contributed by atoms with E-state index in [9.17, 15) is 0 Å². The van der Waals surface area contributed by atoms with Crippen LogP contribution in [0, 0.1) is 32.2 Å².